The third-order valence-corrected chi connectivity index (χ3v) is 3.91. The average molecular weight is 318 g/mol. The molecule has 1 aromatic rings. The number of hydrogen-bond acceptors (Lipinski definition) is 3. The monoisotopic (exact) mass is 317 g/mol. The number of ether oxygens (including phenoxy) is 2. The van der Waals surface area contributed by atoms with Crippen molar-refractivity contribution in [1.29, 1.82) is 0 Å². The van der Waals surface area contributed by atoms with Gasteiger partial charge in [-0.1, -0.05) is 23.2 Å². The maximum Gasteiger partial charge on any atom is 0.140 e. The normalized spacial score (nSPS) is 16.4. The topological polar surface area (TPSA) is 21.7 Å². The van der Waals surface area contributed by atoms with Crippen LogP contribution in [0.3, 0.4) is 0 Å². The number of rotatable bonds is 6. The van der Waals surface area contributed by atoms with Crippen molar-refractivity contribution in [2.45, 2.75) is 19.8 Å². The summed E-state index contributed by atoms with van der Waals surface area (Å²) >= 11 is 12.1. The van der Waals surface area contributed by atoms with E-state index in [9.17, 15) is 0 Å². The molecule has 1 saturated heterocycles. The molecule has 20 heavy (non-hydrogen) atoms. The molecule has 1 aliphatic rings. The molecule has 0 N–H and O–H groups in total. The van der Waals surface area contributed by atoms with Gasteiger partial charge in [0, 0.05) is 18.1 Å². The van der Waals surface area contributed by atoms with Crippen LogP contribution in [0.2, 0.25) is 10.0 Å². The summed E-state index contributed by atoms with van der Waals surface area (Å²) in [5.41, 5.74) is 0.982. The average Bonchev–Trinajstić information content (AvgIpc) is 2.42. The first kappa shape index (κ1) is 15.9. The second kappa shape index (κ2) is 8.08. The number of nitrogens with zero attached hydrogens (tertiary/aromatic N) is 1. The molecule has 2 rings (SSSR count). The van der Waals surface area contributed by atoms with Crippen molar-refractivity contribution in [2.24, 2.45) is 0 Å². The maximum absolute atomic E-state index is 6.14. The van der Waals surface area contributed by atoms with E-state index < -0.39 is 0 Å². The van der Waals surface area contributed by atoms with E-state index in [0.29, 0.717) is 16.7 Å². The lowest BCUT2D eigenvalue weighted by Crippen LogP contribution is -2.36. The molecule has 0 radical (unpaired) electrons. The number of unbranched alkanes of at least 4 members (excludes halogenated alkanes) is 1. The molecule has 5 heteroatoms. The zero-order valence-electron chi connectivity index (χ0n) is 11.8. The van der Waals surface area contributed by atoms with Crippen molar-refractivity contribution in [3.63, 3.8) is 0 Å². The van der Waals surface area contributed by atoms with Gasteiger partial charge < -0.3 is 9.47 Å². The van der Waals surface area contributed by atoms with Gasteiger partial charge in [0.25, 0.3) is 0 Å². The second-order valence-electron chi connectivity index (χ2n) is 5.04. The van der Waals surface area contributed by atoms with E-state index in [-0.39, 0.29) is 0 Å². The summed E-state index contributed by atoms with van der Waals surface area (Å²) in [6.45, 7) is 7.56. The number of benzene rings is 1. The fourth-order valence-corrected chi connectivity index (χ4v) is 2.96. The molecule has 0 unspecified atom stereocenters. The predicted octanol–water partition coefficient (Wildman–Crippen LogP) is 3.79. The molecule has 1 aromatic carbocycles. The highest BCUT2D eigenvalue weighted by molar-refractivity contribution is 6.35. The van der Waals surface area contributed by atoms with E-state index in [1.54, 1.807) is 6.07 Å². The summed E-state index contributed by atoms with van der Waals surface area (Å²) in [4.78, 5) is 2.43. The van der Waals surface area contributed by atoms with Gasteiger partial charge in [0.1, 0.15) is 5.75 Å². The maximum atomic E-state index is 6.14. The third kappa shape index (κ3) is 4.81. The van der Waals surface area contributed by atoms with Gasteiger partial charge in [-0.05, 0) is 44.0 Å². The van der Waals surface area contributed by atoms with Crippen LogP contribution in [0.5, 0.6) is 5.75 Å². The Kier molecular flexibility index (Phi) is 6.43. The van der Waals surface area contributed by atoms with Gasteiger partial charge in [-0.3, -0.25) is 4.90 Å². The van der Waals surface area contributed by atoms with Crippen molar-refractivity contribution in [1.82, 2.24) is 4.90 Å². The number of halogens is 2. The molecule has 0 amide bonds. The number of aryl methyl sites for hydroxylation is 1. The van der Waals surface area contributed by atoms with Gasteiger partial charge in [0.2, 0.25) is 0 Å². The Morgan fingerprint density at radius 3 is 2.65 bits per heavy atom. The Hall–Kier alpha value is -0.480. The lowest BCUT2D eigenvalue weighted by molar-refractivity contribution is 0.0368. The first-order chi connectivity index (χ1) is 9.66. The molecule has 0 bridgehead atoms. The lowest BCUT2D eigenvalue weighted by atomic mass is 10.2. The molecule has 3 nitrogen and oxygen atoms in total. The quantitative estimate of drug-likeness (QED) is 0.745. The van der Waals surface area contributed by atoms with Crippen molar-refractivity contribution >= 4 is 23.2 Å². The van der Waals surface area contributed by atoms with E-state index in [4.69, 9.17) is 32.7 Å². The molecule has 0 saturated carbocycles. The van der Waals surface area contributed by atoms with Gasteiger partial charge in [0.15, 0.2) is 0 Å². The first-order valence-corrected chi connectivity index (χ1v) is 7.81. The largest absolute Gasteiger partial charge is 0.492 e. The Morgan fingerprint density at radius 1 is 1.20 bits per heavy atom. The van der Waals surface area contributed by atoms with E-state index >= 15 is 0 Å². The van der Waals surface area contributed by atoms with Crippen molar-refractivity contribution in [3.8, 4) is 5.75 Å². The summed E-state index contributed by atoms with van der Waals surface area (Å²) in [7, 11) is 0. The Labute approximate surface area is 130 Å². The summed E-state index contributed by atoms with van der Waals surface area (Å²) < 4.78 is 11.1. The van der Waals surface area contributed by atoms with Gasteiger partial charge in [-0.2, -0.15) is 0 Å². The summed E-state index contributed by atoms with van der Waals surface area (Å²) in [5.74, 6) is 0.752. The molecular weight excluding hydrogens is 297 g/mol. The van der Waals surface area contributed by atoms with Gasteiger partial charge in [-0.25, -0.2) is 0 Å². The minimum absolute atomic E-state index is 0.586. The van der Waals surface area contributed by atoms with Gasteiger partial charge >= 0.3 is 0 Å². The highest BCUT2D eigenvalue weighted by Crippen LogP contribution is 2.31. The van der Waals surface area contributed by atoms with Crippen LogP contribution in [0, 0.1) is 6.92 Å². The fraction of sp³-hybridized carbons (Fsp3) is 0.600. The van der Waals surface area contributed by atoms with Crippen LogP contribution in [0.4, 0.5) is 0 Å². The lowest BCUT2D eigenvalue weighted by Gasteiger charge is -2.26. The SMILES string of the molecule is Cc1cc(Cl)cc(Cl)c1OCCCCN1CCOCC1. The first-order valence-electron chi connectivity index (χ1n) is 7.05. The Bertz CT molecular complexity index is 411. The Balaban J connectivity index is 1.68. The van der Waals surface area contributed by atoms with E-state index in [2.05, 4.69) is 4.90 Å². The molecule has 1 heterocycles. The third-order valence-electron chi connectivity index (χ3n) is 3.41. The molecule has 112 valence electrons. The van der Waals surface area contributed by atoms with E-state index in [0.717, 1.165) is 57.0 Å². The van der Waals surface area contributed by atoms with Crippen LogP contribution in [0.15, 0.2) is 12.1 Å². The summed E-state index contributed by atoms with van der Waals surface area (Å²) in [5, 5.41) is 1.23. The number of morpholine rings is 1. The molecule has 1 fully saturated rings. The van der Waals surface area contributed by atoms with Crippen LogP contribution >= 0.6 is 23.2 Å². The van der Waals surface area contributed by atoms with Crippen LogP contribution in [0.25, 0.3) is 0 Å². The highest BCUT2D eigenvalue weighted by atomic mass is 35.5. The number of hydrogen-bond donors (Lipinski definition) is 0. The smallest absolute Gasteiger partial charge is 0.140 e. The minimum atomic E-state index is 0.586. The molecule has 1 aliphatic heterocycles. The molecule has 0 aromatic heterocycles. The standard InChI is InChI=1S/C15H21Cl2NO2/c1-12-10-13(16)11-14(17)15(12)20-7-3-2-4-18-5-8-19-9-6-18/h10-11H,2-9H2,1H3. The predicted molar refractivity (Wildman–Crippen MR) is 83.2 cm³/mol. The van der Waals surface area contributed by atoms with Gasteiger partial charge in [0.05, 0.1) is 24.8 Å². The van der Waals surface area contributed by atoms with E-state index in [1.165, 1.54) is 0 Å². The highest BCUT2D eigenvalue weighted by Gasteiger charge is 2.10. The van der Waals surface area contributed by atoms with Crippen LogP contribution in [-0.4, -0.2) is 44.4 Å². The summed E-state index contributed by atoms with van der Waals surface area (Å²) in [6.07, 6.45) is 2.15. The van der Waals surface area contributed by atoms with E-state index in [1.807, 2.05) is 13.0 Å². The second-order valence-corrected chi connectivity index (χ2v) is 5.89. The van der Waals surface area contributed by atoms with Crippen LogP contribution in [-0.2, 0) is 4.74 Å². The van der Waals surface area contributed by atoms with Crippen molar-refractivity contribution < 1.29 is 9.47 Å². The molecular formula is C15H21Cl2NO2. The summed E-state index contributed by atoms with van der Waals surface area (Å²) in [6, 6.07) is 3.59. The Morgan fingerprint density at radius 2 is 1.95 bits per heavy atom. The molecule has 0 atom stereocenters. The van der Waals surface area contributed by atoms with Crippen LogP contribution < -0.4 is 4.74 Å². The van der Waals surface area contributed by atoms with Crippen molar-refractivity contribution in [3.05, 3.63) is 27.7 Å². The molecule has 0 aliphatic carbocycles. The zero-order chi connectivity index (χ0) is 14.4. The fourth-order valence-electron chi connectivity index (χ4n) is 2.31. The molecule has 0 spiro atoms. The van der Waals surface area contributed by atoms with Crippen molar-refractivity contribution in [2.75, 3.05) is 39.5 Å². The zero-order valence-corrected chi connectivity index (χ0v) is 13.3. The van der Waals surface area contributed by atoms with Crippen LogP contribution in [0.1, 0.15) is 18.4 Å². The minimum Gasteiger partial charge on any atom is -0.492 e. The van der Waals surface area contributed by atoms with Gasteiger partial charge in [-0.15, -0.1) is 0 Å².